The van der Waals surface area contributed by atoms with E-state index in [2.05, 4.69) is 15.0 Å². The van der Waals surface area contributed by atoms with Gasteiger partial charge in [-0.25, -0.2) is 0 Å². The maximum absolute atomic E-state index is 12.9. The molecular weight excluding hydrogens is 505 g/mol. The minimum atomic E-state index is -5.01. The van der Waals surface area contributed by atoms with Crippen LogP contribution in [0.3, 0.4) is 0 Å². The fourth-order valence-corrected chi connectivity index (χ4v) is 4.18. The maximum Gasteiger partial charge on any atom is 0.573 e. The molecule has 2 fully saturated rings. The Balaban J connectivity index is 1.70. The Morgan fingerprint density at radius 3 is 2.56 bits per heavy atom. The average Bonchev–Trinajstić information content (AvgIpc) is 2.80. The van der Waals surface area contributed by atoms with Crippen molar-refractivity contribution >= 4 is 39.6 Å². The van der Waals surface area contributed by atoms with Crippen molar-refractivity contribution in [3.8, 4) is 5.75 Å². The minimum Gasteiger partial charge on any atom is -0.404 e. The Labute approximate surface area is 209 Å². The molecule has 0 spiro atoms. The van der Waals surface area contributed by atoms with E-state index in [0.717, 1.165) is 30.0 Å². The van der Waals surface area contributed by atoms with Crippen molar-refractivity contribution in [1.29, 1.82) is 5.41 Å². The van der Waals surface area contributed by atoms with Crippen molar-refractivity contribution in [2.75, 3.05) is 51.3 Å². The minimum absolute atomic E-state index is 0.0564. The fraction of sp³-hybridized carbons (Fsp3) is 0.524. The van der Waals surface area contributed by atoms with Crippen LogP contribution < -0.4 is 15.8 Å². The number of nitrogens with two attached hydrogens (primary N) is 1. The highest BCUT2D eigenvalue weighted by atomic mass is 32.2. The number of likely N-dealkylation sites (tertiary alicyclic amines) is 1. The Kier molecular flexibility index (Phi) is 9.53. The van der Waals surface area contributed by atoms with E-state index >= 15 is 0 Å². The summed E-state index contributed by atoms with van der Waals surface area (Å²) in [5.41, 5.74) is 5.31. The lowest BCUT2D eigenvalue weighted by atomic mass is 10.1. The van der Waals surface area contributed by atoms with Crippen LogP contribution in [0.2, 0.25) is 0 Å². The fourth-order valence-electron chi connectivity index (χ4n) is 3.55. The molecule has 2 aliphatic heterocycles. The zero-order valence-electron chi connectivity index (χ0n) is 19.2. The number of aliphatic hydroxyl groups excluding tert-OH is 1. The van der Waals surface area contributed by atoms with Gasteiger partial charge in [0.15, 0.2) is 16.1 Å². The molecule has 1 aromatic carbocycles. The number of aliphatic hydroxyl groups is 1. The highest BCUT2D eigenvalue weighted by molar-refractivity contribution is 8.26. The smallest absolute Gasteiger partial charge is 0.404 e. The summed E-state index contributed by atoms with van der Waals surface area (Å²) in [4.78, 5) is 32.2. The van der Waals surface area contributed by atoms with Crippen LogP contribution in [0, 0.1) is 5.41 Å². The third-order valence-electron chi connectivity index (χ3n) is 5.36. The van der Waals surface area contributed by atoms with E-state index in [1.165, 1.54) is 0 Å². The third kappa shape index (κ3) is 8.65. The second kappa shape index (κ2) is 12.4. The van der Waals surface area contributed by atoms with Gasteiger partial charge in [0.1, 0.15) is 0 Å². The van der Waals surface area contributed by atoms with Crippen LogP contribution >= 0.6 is 11.8 Å². The number of rotatable bonds is 5. The maximum atomic E-state index is 12.9. The molecule has 3 rings (SSSR count). The first-order valence-electron chi connectivity index (χ1n) is 11.1. The zero-order chi connectivity index (χ0) is 26.3. The molecule has 0 atom stereocenters. The summed E-state index contributed by atoms with van der Waals surface area (Å²) in [6, 6.07) is 3.00. The van der Waals surface area contributed by atoms with Crippen molar-refractivity contribution in [2.24, 2.45) is 10.7 Å². The Morgan fingerprint density at radius 1 is 1.25 bits per heavy atom. The number of nitrogens with zero attached hydrogens (tertiary/aromatic N) is 3. The summed E-state index contributed by atoms with van der Waals surface area (Å²) in [7, 11) is 0. The molecule has 5 N–H and O–H groups in total. The molecule has 0 aliphatic carbocycles. The van der Waals surface area contributed by atoms with Crippen LogP contribution in [0.5, 0.6) is 5.75 Å². The summed E-state index contributed by atoms with van der Waals surface area (Å²) in [5.74, 6) is -2.15. The number of alkyl halides is 3. The normalized spacial score (nSPS) is 18.1. The molecule has 0 bridgehead atoms. The monoisotopic (exact) mass is 532 g/mol. The topological polar surface area (TPSA) is 154 Å². The van der Waals surface area contributed by atoms with E-state index < -0.39 is 30.0 Å². The summed E-state index contributed by atoms with van der Waals surface area (Å²) in [5, 5.41) is 19.9. The highest BCUT2D eigenvalue weighted by Gasteiger charge is 2.33. The molecular formula is C21H27F3N6O5S. The van der Waals surface area contributed by atoms with Crippen LogP contribution in [0.25, 0.3) is 0 Å². The number of carbonyl (C=O) groups excluding carboxylic acids is 2. The molecule has 15 heteroatoms. The molecule has 0 unspecified atom stereocenters. The number of thioether (sulfide) groups is 1. The SMILES string of the molecule is N=C(SC(N)=NC(=O)c1ccc(OC(F)(F)F)c(NC(=O)CN2CCOCC2)c1)N1CCC(O)CC1. The lowest BCUT2D eigenvalue weighted by molar-refractivity contribution is -0.274. The Hall–Kier alpha value is -2.88. The van der Waals surface area contributed by atoms with Gasteiger partial charge in [0.25, 0.3) is 5.91 Å². The highest BCUT2D eigenvalue weighted by Crippen LogP contribution is 2.31. The number of hydrogen-bond donors (Lipinski definition) is 4. The van der Waals surface area contributed by atoms with Crippen LogP contribution in [0.1, 0.15) is 23.2 Å². The summed E-state index contributed by atoms with van der Waals surface area (Å²) < 4.78 is 47.8. The van der Waals surface area contributed by atoms with Gasteiger partial charge >= 0.3 is 6.36 Å². The number of amides is 2. The predicted octanol–water partition coefficient (Wildman–Crippen LogP) is 1.44. The predicted molar refractivity (Wildman–Crippen MR) is 127 cm³/mol. The number of ether oxygens (including phenoxy) is 2. The van der Waals surface area contributed by atoms with Gasteiger partial charge < -0.3 is 30.5 Å². The quantitative estimate of drug-likeness (QED) is 0.326. The molecule has 198 valence electrons. The zero-order valence-corrected chi connectivity index (χ0v) is 20.0. The number of halogens is 3. The number of amidine groups is 2. The number of benzene rings is 1. The second-order valence-electron chi connectivity index (χ2n) is 8.08. The number of morpholine rings is 1. The van der Waals surface area contributed by atoms with Gasteiger partial charge in [-0.3, -0.25) is 19.9 Å². The van der Waals surface area contributed by atoms with E-state index in [1.807, 2.05) is 0 Å². The number of hydrogen-bond acceptors (Lipinski definition) is 8. The second-order valence-corrected chi connectivity index (χ2v) is 9.09. The number of nitrogens with one attached hydrogen (secondary N) is 2. The van der Waals surface area contributed by atoms with Gasteiger partial charge in [-0.15, -0.1) is 13.2 Å². The van der Waals surface area contributed by atoms with Crippen molar-refractivity contribution in [3.63, 3.8) is 0 Å². The van der Waals surface area contributed by atoms with Crippen molar-refractivity contribution in [1.82, 2.24) is 9.80 Å². The molecule has 2 saturated heterocycles. The largest absolute Gasteiger partial charge is 0.573 e. The number of piperidine rings is 1. The third-order valence-corrected chi connectivity index (χ3v) is 6.11. The lowest BCUT2D eigenvalue weighted by Crippen LogP contribution is -2.41. The summed E-state index contributed by atoms with van der Waals surface area (Å²) in [6.45, 7) is 2.71. The van der Waals surface area contributed by atoms with Crippen molar-refractivity contribution in [3.05, 3.63) is 23.8 Å². The van der Waals surface area contributed by atoms with Crippen LogP contribution in [-0.2, 0) is 9.53 Å². The van der Waals surface area contributed by atoms with Crippen LogP contribution in [0.4, 0.5) is 18.9 Å². The van der Waals surface area contributed by atoms with Crippen LogP contribution in [0.15, 0.2) is 23.2 Å². The van der Waals surface area contributed by atoms with Gasteiger partial charge in [-0.05, 0) is 42.8 Å². The van der Waals surface area contributed by atoms with E-state index in [9.17, 15) is 27.9 Å². The molecule has 0 radical (unpaired) electrons. The average molecular weight is 533 g/mol. The number of carbonyl (C=O) groups is 2. The molecule has 11 nitrogen and oxygen atoms in total. The van der Waals surface area contributed by atoms with Gasteiger partial charge in [0.05, 0.1) is 31.5 Å². The lowest BCUT2D eigenvalue weighted by Gasteiger charge is -2.30. The molecule has 1 aromatic rings. The molecule has 2 heterocycles. The van der Waals surface area contributed by atoms with Gasteiger partial charge in [-0.2, -0.15) is 4.99 Å². The van der Waals surface area contributed by atoms with Gasteiger partial charge in [0.2, 0.25) is 5.91 Å². The van der Waals surface area contributed by atoms with Crippen molar-refractivity contribution in [2.45, 2.75) is 25.3 Å². The number of aliphatic imine (C=N–C) groups is 1. The van der Waals surface area contributed by atoms with Gasteiger partial charge in [0, 0.05) is 31.7 Å². The van der Waals surface area contributed by atoms with Crippen LogP contribution in [-0.4, -0.2) is 95.5 Å². The molecule has 36 heavy (non-hydrogen) atoms. The van der Waals surface area contributed by atoms with E-state index in [4.69, 9.17) is 15.9 Å². The van der Waals surface area contributed by atoms with E-state index in [-0.39, 0.29) is 28.1 Å². The first-order valence-corrected chi connectivity index (χ1v) is 11.9. The Morgan fingerprint density at radius 2 is 1.92 bits per heavy atom. The molecule has 0 aromatic heterocycles. The molecule has 0 saturated carbocycles. The van der Waals surface area contributed by atoms with E-state index in [0.29, 0.717) is 52.2 Å². The molecule has 2 amide bonds. The standard InChI is InChI=1S/C21H27F3N6O5S/c22-21(23,24)35-16-2-1-13(11-15(16)27-17(32)12-29-7-9-34-10-8-29)18(33)28-19(25)36-20(26)30-5-3-14(31)4-6-30/h1-2,11,14,26,31H,3-10,12H2,(H,27,32)(H2,25,28,33). The summed E-state index contributed by atoms with van der Waals surface area (Å²) >= 11 is 0.751. The number of anilines is 1. The first-order chi connectivity index (χ1) is 17.0. The molecule has 2 aliphatic rings. The summed E-state index contributed by atoms with van der Waals surface area (Å²) in [6.07, 6.45) is -4.42. The Bertz CT molecular complexity index is 995. The first kappa shape index (κ1) is 27.7. The van der Waals surface area contributed by atoms with Crippen molar-refractivity contribution < 1.29 is 37.3 Å². The van der Waals surface area contributed by atoms with Gasteiger partial charge in [-0.1, -0.05) is 0 Å². The van der Waals surface area contributed by atoms with E-state index in [1.54, 1.807) is 9.80 Å².